The van der Waals surface area contributed by atoms with Crippen molar-refractivity contribution in [3.05, 3.63) is 24.5 Å². The van der Waals surface area contributed by atoms with Gasteiger partial charge in [-0.25, -0.2) is 4.98 Å². The Kier molecular flexibility index (Phi) is 3.94. The lowest BCUT2D eigenvalue weighted by atomic mass is 10.1. The summed E-state index contributed by atoms with van der Waals surface area (Å²) < 4.78 is 18.3. The fourth-order valence-electron chi connectivity index (χ4n) is 1.94. The number of ether oxygens (including phenoxy) is 3. The first kappa shape index (κ1) is 13.3. The summed E-state index contributed by atoms with van der Waals surface area (Å²) in [4.78, 5) is 4.32. The first-order valence-corrected chi connectivity index (χ1v) is 6.07. The highest BCUT2D eigenvalue weighted by Gasteiger charge is 2.16. The summed E-state index contributed by atoms with van der Waals surface area (Å²) in [6.07, 6.45) is 3.65. The molecule has 0 fully saturated rings. The molecule has 0 N–H and O–H groups in total. The fourth-order valence-corrected chi connectivity index (χ4v) is 1.94. The molecule has 0 saturated carbocycles. The van der Waals surface area contributed by atoms with E-state index < -0.39 is 0 Å². The second kappa shape index (κ2) is 5.65. The third kappa shape index (κ3) is 2.50. The largest absolute Gasteiger partial charge is 0.493 e. The Balaban J connectivity index is 2.56. The zero-order chi connectivity index (χ0) is 13.8. The summed E-state index contributed by atoms with van der Waals surface area (Å²) in [6.45, 7) is 2.47. The zero-order valence-electron chi connectivity index (χ0n) is 11.6. The quantitative estimate of drug-likeness (QED) is 0.830. The molecule has 0 radical (unpaired) electrons. The topological polar surface area (TPSA) is 45.5 Å². The van der Waals surface area contributed by atoms with Crippen LogP contribution in [-0.4, -0.2) is 30.4 Å². The van der Waals surface area contributed by atoms with Crippen molar-refractivity contribution in [3.8, 4) is 28.6 Å². The van der Waals surface area contributed by atoms with Crippen LogP contribution in [0.4, 0.5) is 0 Å². The van der Waals surface area contributed by atoms with E-state index in [1.54, 1.807) is 20.4 Å². The van der Waals surface area contributed by atoms with Gasteiger partial charge in [-0.1, -0.05) is 0 Å². The van der Waals surface area contributed by atoms with Crippen molar-refractivity contribution in [1.82, 2.24) is 9.55 Å². The van der Waals surface area contributed by atoms with Crippen molar-refractivity contribution in [2.24, 2.45) is 7.05 Å². The van der Waals surface area contributed by atoms with Gasteiger partial charge in [-0.05, 0) is 19.1 Å². The molecular weight excluding hydrogens is 244 g/mol. The maximum Gasteiger partial charge on any atom is 0.203 e. The van der Waals surface area contributed by atoms with Crippen LogP contribution in [0, 0.1) is 0 Å². The Morgan fingerprint density at radius 3 is 2.21 bits per heavy atom. The third-order valence-corrected chi connectivity index (χ3v) is 2.83. The Bertz CT molecular complexity index is 539. The molecule has 102 valence electrons. The van der Waals surface area contributed by atoms with Crippen molar-refractivity contribution < 1.29 is 14.2 Å². The number of aromatic nitrogens is 2. The number of nitrogens with zero attached hydrogens (tertiary/aromatic N) is 2. The number of rotatable bonds is 5. The number of hydrogen-bond acceptors (Lipinski definition) is 4. The van der Waals surface area contributed by atoms with Gasteiger partial charge in [-0.15, -0.1) is 0 Å². The van der Waals surface area contributed by atoms with Crippen LogP contribution >= 0.6 is 0 Å². The van der Waals surface area contributed by atoms with Gasteiger partial charge in [0.15, 0.2) is 11.5 Å². The zero-order valence-corrected chi connectivity index (χ0v) is 11.6. The van der Waals surface area contributed by atoms with Crippen LogP contribution in [0.3, 0.4) is 0 Å². The molecule has 1 heterocycles. The molecule has 5 heteroatoms. The van der Waals surface area contributed by atoms with Gasteiger partial charge in [-0.2, -0.15) is 0 Å². The van der Waals surface area contributed by atoms with Crippen LogP contribution in [0.2, 0.25) is 0 Å². The van der Waals surface area contributed by atoms with E-state index in [4.69, 9.17) is 14.2 Å². The van der Waals surface area contributed by atoms with Crippen LogP contribution in [0.1, 0.15) is 6.92 Å². The van der Waals surface area contributed by atoms with Gasteiger partial charge in [0, 0.05) is 25.0 Å². The van der Waals surface area contributed by atoms with E-state index in [1.165, 1.54) is 0 Å². The van der Waals surface area contributed by atoms with Gasteiger partial charge in [-0.3, -0.25) is 0 Å². The highest BCUT2D eigenvalue weighted by molar-refractivity contribution is 5.67. The van der Waals surface area contributed by atoms with E-state index in [2.05, 4.69) is 4.98 Å². The van der Waals surface area contributed by atoms with Gasteiger partial charge in [0.05, 0.1) is 20.8 Å². The summed E-state index contributed by atoms with van der Waals surface area (Å²) in [5.74, 6) is 2.74. The van der Waals surface area contributed by atoms with E-state index in [0.29, 0.717) is 23.9 Å². The molecule has 1 aromatic carbocycles. The molecule has 1 aromatic heterocycles. The fraction of sp³-hybridized carbons (Fsp3) is 0.357. The molecular formula is C14H18N2O3. The first-order chi connectivity index (χ1) is 9.21. The smallest absolute Gasteiger partial charge is 0.203 e. The van der Waals surface area contributed by atoms with Crippen LogP contribution < -0.4 is 14.2 Å². The maximum absolute atomic E-state index is 5.58. The van der Waals surface area contributed by atoms with Crippen LogP contribution in [-0.2, 0) is 7.05 Å². The van der Waals surface area contributed by atoms with Crippen molar-refractivity contribution in [2.45, 2.75) is 6.92 Å². The van der Waals surface area contributed by atoms with Crippen molar-refractivity contribution in [3.63, 3.8) is 0 Å². The Morgan fingerprint density at radius 2 is 1.79 bits per heavy atom. The molecule has 0 aliphatic carbocycles. The molecule has 2 rings (SSSR count). The number of imidazole rings is 1. The lowest BCUT2D eigenvalue weighted by Gasteiger charge is -2.15. The summed E-state index contributed by atoms with van der Waals surface area (Å²) in [7, 11) is 5.16. The standard InChI is InChI=1S/C14H18N2O3/c1-5-19-13-11(17-3)8-10(9-12(13)18-4)14-15-6-7-16(14)2/h6-9H,5H2,1-4H3. The molecule has 0 atom stereocenters. The minimum absolute atomic E-state index is 0.550. The van der Waals surface area contributed by atoms with Crippen molar-refractivity contribution in [1.29, 1.82) is 0 Å². The highest BCUT2D eigenvalue weighted by Crippen LogP contribution is 2.40. The first-order valence-electron chi connectivity index (χ1n) is 6.07. The van der Waals surface area contributed by atoms with Crippen molar-refractivity contribution >= 4 is 0 Å². The Hall–Kier alpha value is -2.17. The Morgan fingerprint density at radius 1 is 1.16 bits per heavy atom. The summed E-state index contributed by atoms with van der Waals surface area (Å²) in [5, 5.41) is 0. The van der Waals surface area contributed by atoms with Crippen molar-refractivity contribution in [2.75, 3.05) is 20.8 Å². The number of benzene rings is 1. The SMILES string of the molecule is CCOc1c(OC)cc(-c2nccn2C)cc1OC. The van der Waals surface area contributed by atoms with Gasteiger partial charge >= 0.3 is 0 Å². The Labute approximate surface area is 112 Å². The number of hydrogen-bond donors (Lipinski definition) is 0. The maximum atomic E-state index is 5.58. The molecule has 0 unspecified atom stereocenters. The number of aryl methyl sites for hydroxylation is 1. The molecule has 19 heavy (non-hydrogen) atoms. The van der Waals surface area contributed by atoms with E-state index in [0.717, 1.165) is 11.4 Å². The molecule has 0 bridgehead atoms. The second-order valence-electron chi connectivity index (χ2n) is 4.00. The van der Waals surface area contributed by atoms with Gasteiger partial charge in [0.25, 0.3) is 0 Å². The summed E-state index contributed by atoms with van der Waals surface area (Å²) in [5.41, 5.74) is 0.921. The molecule has 0 saturated heterocycles. The molecule has 0 amide bonds. The third-order valence-electron chi connectivity index (χ3n) is 2.83. The normalized spacial score (nSPS) is 10.3. The lowest BCUT2D eigenvalue weighted by Crippen LogP contribution is -2.00. The average Bonchev–Trinajstić information content (AvgIpc) is 2.85. The van der Waals surface area contributed by atoms with Crippen LogP contribution in [0.5, 0.6) is 17.2 Å². The molecule has 0 aliphatic heterocycles. The minimum atomic E-state index is 0.550. The highest BCUT2D eigenvalue weighted by atomic mass is 16.5. The van der Waals surface area contributed by atoms with Gasteiger partial charge in [0.1, 0.15) is 5.82 Å². The molecule has 5 nitrogen and oxygen atoms in total. The van der Waals surface area contributed by atoms with E-state index >= 15 is 0 Å². The minimum Gasteiger partial charge on any atom is -0.493 e. The second-order valence-corrected chi connectivity index (χ2v) is 4.00. The van der Waals surface area contributed by atoms with Gasteiger partial charge in [0.2, 0.25) is 5.75 Å². The van der Waals surface area contributed by atoms with Crippen LogP contribution in [0.15, 0.2) is 24.5 Å². The lowest BCUT2D eigenvalue weighted by molar-refractivity contribution is 0.288. The molecule has 0 spiro atoms. The van der Waals surface area contributed by atoms with E-state index in [-0.39, 0.29) is 0 Å². The van der Waals surface area contributed by atoms with Crippen LogP contribution in [0.25, 0.3) is 11.4 Å². The summed E-state index contributed by atoms with van der Waals surface area (Å²) in [6, 6.07) is 3.80. The molecule has 0 aliphatic rings. The van der Waals surface area contributed by atoms with E-state index in [9.17, 15) is 0 Å². The average molecular weight is 262 g/mol. The predicted molar refractivity (Wildman–Crippen MR) is 72.9 cm³/mol. The summed E-state index contributed by atoms with van der Waals surface area (Å²) >= 11 is 0. The number of methoxy groups -OCH3 is 2. The monoisotopic (exact) mass is 262 g/mol. The molecule has 2 aromatic rings. The van der Waals surface area contributed by atoms with E-state index in [1.807, 2.05) is 36.9 Å². The predicted octanol–water partition coefficient (Wildman–Crippen LogP) is 2.50. The van der Waals surface area contributed by atoms with Gasteiger partial charge < -0.3 is 18.8 Å².